The summed E-state index contributed by atoms with van der Waals surface area (Å²) in [5.41, 5.74) is 0.413. The number of unbranched alkanes of at least 4 members (excludes halogenated alkanes) is 1. The number of esters is 1. The zero-order valence-corrected chi connectivity index (χ0v) is 18.4. The molecular weight excluding hydrogens is 417 g/mol. The van der Waals surface area contributed by atoms with E-state index in [0.717, 1.165) is 44.9 Å². The van der Waals surface area contributed by atoms with Crippen LogP contribution >= 0.6 is 24.0 Å². The number of nitrogens with one attached hydrogen (secondary N) is 1. The molecule has 1 rings (SSSR count). The maximum atomic E-state index is 11.8. The van der Waals surface area contributed by atoms with Crippen LogP contribution in [0.1, 0.15) is 59.8 Å². The first-order chi connectivity index (χ1) is 10.9. The van der Waals surface area contributed by atoms with Gasteiger partial charge in [-0.25, -0.2) is 0 Å². The lowest BCUT2D eigenvalue weighted by molar-refractivity contribution is -0.149. The molecular formula is C18H36IN3O2. The van der Waals surface area contributed by atoms with Gasteiger partial charge < -0.3 is 15.0 Å². The number of carbonyl (C=O) groups excluding carboxylic acids is 1. The number of ether oxygens (including phenoxy) is 1. The zero-order chi connectivity index (χ0) is 17.3. The van der Waals surface area contributed by atoms with Gasteiger partial charge in [-0.2, -0.15) is 0 Å². The number of halogens is 1. The third kappa shape index (κ3) is 9.08. The standard InChI is InChI=1S/C18H35N3O2.HI/c1-6-23-16(22)15-9-13-21(14-10-15)17(19-5)20-12-8-7-11-18(2,3)4;/h15H,6-14H2,1-5H3,(H,19,20);1H. The fourth-order valence-corrected chi connectivity index (χ4v) is 2.90. The monoisotopic (exact) mass is 453 g/mol. The third-order valence-corrected chi connectivity index (χ3v) is 4.26. The highest BCUT2D eigenvalue weighted by molar-refractivity contribution is 14.0. The highest BCUT2D eigenvalue weighted by Crippen LogP contribution is 2.21. The topological polar surface area (TPSA) is 53.9 Å². The van der Waals surface area contributed by atoms with Gasteiger partial charge in [0, 0.05) is 26.7 Å². The Balaban J connectivity index is 0.00000529. The Bertz CT molecular complexity index is 386. The summed E-state index contributed by atoms with van der Waals surface area (Å²) in [7, 11) is 1.83. The van der Waals surface area contributed by atoms with Crippen LogP contribution in [-0.4, -0.2) is 50.1 Å². The molecule has 0 aromatic heterocycles. The van der Waals surface area contributed by atoms with Gasteiger partial charge in [-0.1, -0.05) is 27.2 Å². The van der Waals surface area contributed by atoms with Crippen LogP contribution in [0.25, 0.3) is 0 Å². The molecule has 1 saturated heterocycles. The van der Waals surface area contributed by atoms with Gasteiger partial charge >= 0.3 is 5.97 Å². The van der Waals surface area contributed by atoms with Crippen LogP contribution < -0.4 is 5.32 Å². The van der Waals surface area contributed by atoms with Crippen molar-refractivity contribution in [2.75, 3.05) is 33.3 Å². The van der Waals surface area contributed by atoms with Gasteiger partial charge in [0.05, 0.1) is 12.5 Å². The van der Waals surface area contributed by atoms with Crippen molar-refractivity contribution in [3.05, 3.63) is 0 Å². The van der Waals surface area contributed by atoms with Gasteiger partial charge in [0.1, 0.15) is 0 Å². The first-order valence-corrected chi connectivity index (χ1v) is 8.99. The van der Waals surface area contributed by atoms with E-state index in [1.165, 1.54) is 12.8 Å². The number of carbonyl (C=O) groups is 1. The summed E-state index contributed by atoms with van der Waals surface area (Å²) < 4.78 is 5.12. The van der Waals surface area contributed by atoms with Crippen LogP contribution in [0.15, 0.2) is 4.99 Å². The van der Waals surface area contributed by atoms with Crippen molar-refractivity contribution in [3.63, 3.8) is 0 Å². The number of nitrogens with zero attached hydrogens (tertiary/aromatic N) is 2. The predicted molar refractivity (Wildman–Crippen MR) is 111 cm³/mol. The number of guanidine groups is 1. The van der Waals surface area contributed by atoms with Crippen LogP contribution in [0, 0.1) is 11.3 Å². The first kappa shape index (κ1) is 23.5. The maximum absolute atomic E-state index is 11.8. The highest BCUT2D eigenvalue weighted by atomic mass is 127. The number of rotatable bonds is 6. The molecule has 142 valence electrons. The molecule has 0 radical (unpaired) electrons. The lowest BCUT2D eigenvalue weighted by Crippen LogP contribution is -2.46. The predicted octanol–water partition coefficient (Wildman–Crippen LogP) is 3.67. The molecule has 0 aliphatic carbocycles. The van der Waals surface area contributed by atoms with Gasteiger partial charge in [0.2, 0.25) is 0 Å². The Hall–Kier alpha value is -0.530. The van der Waals surface area contributed by atoms with Gasteiger partial charge in [-0.05, 0) is 38.0 Å². The van der Waals surface area contributed by atoms with Crippen molar-refractivity contribution in [3.8, 4) is 0 Å². The fraction of sp³-hybridized carbons (Fsp3) is 0.889. The molecule has 0 saturated carbocycles. The summed E-state index contributed by atoms with van der Waals surface area (Å²) in [6.07, 6.45) is 5.35. The number of hydrogen-bond donors (Lipinski definition) is 1. The Morgan fingerprint density at radius 1 is 1.25 bits per heavy atom. The molecule has 1 aliphatic heterocycles. The van der Waals surface area contributed by atoms with Crippen molar-refractivity contribution in [1.29, 1.82) is 0 Å². The minimum atomic E-state index is -0.0442. The minimum Gasteiger partial charge on any atom is -0.466 e. The number of likely N-dealkylation sites (tertiary alicyclic amines) is 1. The van der Waals surface area contributed by atoms with E-state index in [1.807, 2.05) is 14.0 Å². The van der Waals surface area contributed by atoms with Crippen molar-refractivity contribution < 1.29 is 9.53 Å². The minimum absolute atomic E-state index is 0. The second-order valence-electron chi connectivity index (χ2n) is 7.51. The summed E-state index contributed by atoms with van der Waals surface area (Å²) >= 11 is 0. The van der Waals surface area contributed by atoms with Crippen LogP contribution in [-0.2, 0) is 9.53 Å². The Morgan fingerprint density at radius 2 is 1.88 bits per heavy atom. The van der Waals surface area contributed by atoms with Gasteiger partial charge in [-0.15, -0.1) is 24.0 Å². The maximum Gasteiger partial charge on any atom is 0.309 e. The molecule has 0 amide bonds. The van der Waals surface area contributed by atoms with Crippen LogP contribution in [0.2, 0.25) is 0 Å². The van der Waals surface area contributed by atoms with E-state index >= 15 is 0 Å². The second kappa shape index (κ2) is 11.9. The van der Waals surface area contributed by atoms with Crippen molar-refractivity contribution in [2.45, 2.75) is 59.8 Å². The first-order valence-electron chi connectivity index (χ1n) is 8.99. The van der Waals surface area contributed by atoms with E-state index in [-0.39, 0.29) is 35.9 Å². The van der Waals surface area contributed by atoms with Gasteiger partial charge in [-0.3, -0.25) is 9.79 Å². The molecule has 0 aromatic carbocycles. The molecule has 1 fully saturated rings. The van der Waals surface area contributed by atoms with E-state index in [4.69, 9.17) is 4.74 Å². The van der Waals surface area contributed by atoms with E-state index in [1.54, 1.807) is 0 Å². The summed E-state index contributed by atoms with van der Waals surface area (Å²) in [4.78, 5) is 18.4. The molecule has 0 spiro atoms. The van der Waals surface area contributed by atoms with Crippen molar-refractivity contribution >= 4 is 35.9 Å². The third-order valence-electron chi connectivity index (χ3n) is 4.26. The Kier molecular flexibility index (Phi) is 11.7. The number of aliphatic imine (C=N–C) groups is 1. The molecule has 0 unspecified atom stereocenters. The van der Waals surface area contributed by atoms with Crippen LogP contribution in [0.5, 0.6) is 0 Å². The number of hydrogen-bond acceptors (Lipinski definition) is 3. The summed E-state index contributed by atoms with van der Waals surface area (Å²) in [6, 6.07) is 0. The lowest BCUT2D eigenvalue weighted by atomic mass is 9.90. The Labute approximate surface area is 165 Å². The molecule has 0 atom stereocenters. The average molecular weight is 453 g/mol. The molecule has 6 heteroatoms. The zero-order valence-electron chi connectivity index (χ0n) is 16.1. The fourth-order valence-electron chi connectivity index (χ4n) is 2.90. The van der Waals surface area contributed by atoms with Crippen LogP contribution in [0.4, 0.5) is 0 Å². The van der Waals surface area contributed by atoms with Crippen LogP contribution in [0.3, 0.4) is 0 Å². The summed E-state index contributed by atoms with van der Waals surface area (Å²) in [5, 5.41) is 3.45. The smallest absolute Gasteiger partial charge is 0.309 e. The highest BCUT2D eigenvalue weighted by Gasteiger charge is 2.27. The normalized spacial score (nSPS) is 16.5. The average Bonchev–Trinajstić information content (AvgIpc) is 2.50. The molecule has 24 heavy (non-hydrogen) atoms. The molecule has 0 bridgehead atoms. The Morgan fingerprint density at radius 3 is 2.38 bits per heavy atom. The van der Waals surface area contributed by atoms with E-state index in [2.05, 4.69) is 36.0 Å². The molecule has 5 nitrogen and oxygen atoms in total. The molecule has 1 heterocycles. The van der Waals surface area contributed by atoms with Gasteiger partial charge in [0.25, 0.3) is 0 Å². The summed E-state index contributed by atoms with van der Waals surface area (Å²) in [6.45, 7) is 11.9. The SMILES string of the molecule is CCOC(=O)C1CCN(C(=NC)NCCCCC(C)(C)C)CC1.I. The van der Waals surface area contributed by atoms with Crippen molar-refractivity contribution in [2.24, 2.45) is 16.3 Å². The van der Waals surface area contributed by atoms with E-state index in [0.29, 0.717) is 12.0 Å². The largest absolute Gasteiger partial charge is 0.466 e. The molecule has 1 aliphatic rings. The van der Waals surface area contributed by atoms with Crippen molar-refractivity contribution in [1.82, 2.24) is 10.2 Å². The second-order valence-corrected chi connectivity index (χ2v) is 7.51. The quantitative estimate of drug-likeness (QED) is 0.219. The molecule has 0 aromatic rings. The van der Waals surface area contributed by atoms with E-state index < -0.39 is 0 Å². The summed E-state index contributed by atoms with van der Waals surface area (Å²) in [5.74, 6) is 0.969. The lowest BCUT2D eigenvalue weighted by Gasteiger charge is -2.33. The van der Waals surface area contributed by atoms with Gasteiger partial charge in [0.15, 0.2) is 5.96 Å². The number of piperidine rings is 1. The van der Waals surface area contributed by atoms with E-state index in [9.17, 15) is 4.79 Å². The molecule has 1 N–H and O–H groups in total.